The first kappa shape index (κ1) is 22.1. The van der Waals surface area contributed by atoms with E-state index in [-0.39, 0.29) is 11.7 Å². The van der Waals surface area contributed by atoms with Crippen LogP contribution in [0.1, 0.15) is 28.4 Å². The number of carbonyl (C=O) groups is 1. The van der Waals surface area contributed by atoms with E-state index in [1.807, 2.05) is 43.3 Å². The van der Waals surface area contributed by atoms with Crippen LogP contribution in [0.5, 0.6) is 11.5 Å². The van der Waals surface area contributed by atoms with Crippen LogP contribution in [-0.4, -0.2) is 22.3 Å². The minimum atomic E-state index is -0.278. The number of benzene rings is 3. The quantitative estimate of drug-likeness (QED) is 0.380. The van der Waals surface area contributed by atoms with Gasteiger partial charge < -0.3 is 14.8 Å². The zero-order valence-electron chi connectivity index (χ0n) is 18.2. The highest BCUT2D eigenvalue weighted by Crippen LogP contribution is 2.19. The van der Waals surface area contributed by atoms with Crippen LogP contribution in [-0.2, 0) is 13.2 Å². The highest BCUT2D eigenvalue weighted by molar-refractivity contribution is 6.04. The van der Waals surface area contributed by atoms with E-state index in [2.05, 4.69) is 10.4 Å². The number of hydrogen-bond donors (Lipinski definition) is 1. The SMILES string of the molecule is CCOc1ccc(OCc2cccc(C(=O)Nc3cnn(Cc4ccc(F)cc4)c3)c2)cc1. The van der Waals surface area contributed by atoms with Gasteiger partial charge in [-0.1, -0.05) is 24.3 Å². The number of nitrogens with one attached hydrogen (secondary N) is 1. The molecule has 4 rings (SSSR count). The van der Waals surface area contributed by atoms with Crippen LogP contribution in [0.4, 0.5) is 10.1 Å². The Morgan fingerprint density at radius 3 is 2.42 bits per heavy atom. The predicted octanol–water partition coefficient (Wildman–Crippen LogP) is 5.30. The number of nitrogens with zero attached hydrogens (tertiary/aromatic N) is 2. The Balaban J connectivity index is 1.33. The zero-order valence-corrected chi connectivity index (χ0v) is 18.2. The smallest absolute Gasteiger partial charge is 0.255 e. The molecule has 0 saturated heterocycles. The number of aromatic nitrogens is 2. The second kappa shape index (κ2) is 10.5. The van der Waals surface area contributed by atoms with Crippen LogP contribution < -0.4 is 14.8 Å². The van der Waals surface area contributed by atoms with Crippen LogP contribution in [0, 0.1) is 5.82 Å². The molecule has 0 atom stereocenters. The van der Waals surface area contributed by atoms with Gasteiger partial charge in [-0.25, -0.2) is 4.39 Å². The average molecular weight is 445 g/mol. The maximum absolute atomic E-state index is 13.1. The van der Waals surface area contributed by atoms with Crippen molar-refractivity contribution in [1.29, 1.82) is 0 Å². The lowest BCUT2D eigenvalue weighted by Crippen LogP contribution is -2.12. The Labute approximate surface area is 191 Å². The van der Waals surface area contributed by atoms with Crippen molar-refractivity contribution in [3.8, 4) is 11.5 Å². The summed E-state index contributed by atoms with van der Waals surface area (Å²) in [6, 6.07) is 20.9. The fraction of sp³-hybridized carbons (Fsp3) is 0.154. The minimum Gasteiger partial charge on any atom is -0.494 e. The molecule has 168 valence electrons. The third-order valence-electron chi connectivity index (χ3n) is 4.88. The van der Waals surface area contributed by atoms with E-state index < -0.39 is 0 Å². The molecule has 1 amide bonds. The molecular formula is C26H24FN3O3. The van der Waals surface area contributed by atoms with Gasteiger partial charge in [0, 0.05) is 11.8 Å². The summed E-state index contributed by atoms with van der Waals surface area (Å²) in [6.07, 6.45) is 3.32. The number of amides is 1. The van der Waals surface area contributed by atoms with Crippen molar-refractivity contribution in [3.05, 3.63) is 108 Å². The molecule has 0 aliphatic heterocycles. The first-order valence-electron chi connectivity index (χ1n) is 10.6. The molecule has 0 aliphatic carbocycles. The largest absolute Gasteiger partial charge is 0.494 e. The summed E-state index contributed by atoms with van der Waals surface area (Å²) in [6.45, 7) is 3.37. The van der Waals surface area contributed by atoms with Gasteiger partial charge in [0.05, 0.1) is 25.0 Å². The molecule has 3 aromatic carbocycles. The fourth-order valence-corrected chi connectivity index (χ4v) is 3.26. The Morgan fingerprint density at radius 1 is 0.970 bits per heavy atom. The molecule has 0 unspecified atom stereocenters. The van der Waals surface area contributed by atoms with Crippen LogP contribution >= 0.6 is 0 Å². The van der Waals surface area contributed by atoms with E-state index in [0.717, 1.165) is 22.6 Å². The van der Waals surface area contributed by atoms with Crippen molar-refractivity contribution in [3.63, 3.8) is 0 Å². The molecule has 0 saturated carbocycles. The molecule has 0 spiro atoms. The van der Waals surface area contributed by atoms with Crippen LogP contribution in [0.15, 0.2) is 85.2 Å². The van der Waals surface area contributed by atoms with Gasteiger partial charge in [-0.15, -0.1) is 0 Å². The van der Waals surface area contributed by atoms with Gasteiger partial charge in [0.1, 0.15) is 23.9 Å². The third-order valence-corrected chi connectivity index (χ3v) is 4.88. The molecule has 0 bridgehead atoms. The van der Waals surface area contributed by atoms with E-state index in [1.165, 1.54) is 12.1 Å². The molecule has 7 heteroatoms. The Bertz CT molecular complexity index is 1200. The van der Waals surface area contributed by atoms with Crippen molar-refractivity contribution >= 4 is 11.6 Å². The minimum absolute atomic E-state index is 0.237. The first-order chi connectivity index (χ1) is 16.1. The summed E-state index contributed by atoms with van der Waals surface area (Å²) in [5.74, 6) is 1.00. The molecule has 4 aromatic rings. The molecule has 1 aromatic heterocycles. The predicted molar refractivity (Wildman–Crippen MR) is 124 cm³/mol. The molecule has 6 nitrogen and oxygen atoms in total. The van der Waals surface area contributed by atoms with Gasteiger partial charge in [0.25, 0.3) is 5.91 Å². The van der Waals surface area contributed by atoms with Crippen LogP contribution in [0.2, 0.25) is 0 Å². The van der Waals surface area contributed by atoms with Gasteiger partial charge >= 0.3 is 0 Å². The van der Waals surface area contributed by atoms with Gasteiger partial charge in [0.2, 0.25) is 0 Å². The summed E-state index contributed by atoms with van der Waals surface area (Å²) in [4.78, 5) is 12.7. The van der Waals surface area contributed by atoms with Gasteiger partial charge in [-0.3, -0.25) is 9.48 Å². The lowest BCUT2D eigenvalue weighted by Gasteiger charge is -2.09. The Kier molecular flexibility index (Phi) is 6.99. The average Bonchev–Trinajstić information content (AvgIpc) is 3.27. The Morgan fingerprint density at radius 2 is 1.70 bits per heavy atom. The number of hydrogen-bond acceptors (Lipinski definition) is 4. The second-order valence-electron chi connectivity index (χ2n) is 7.40. The highest BCUT2D eigenvalue weighted by Gasteiger charge is 2.09. The second-order valence-corrected chi connectivity index (χ2v) is 7.40. The van der Waals surface area contributed by atoms with Crippen molar-refractivity contribution in [2.45, 2.75) is 20.1 Å². The number of carbonyl (C=O) groups excluding carboxylic acids is 1. The van der Waals surface area contributed by atoms with E-state index in [0.29, 0.717) is 31.0 Å². The van der Waals surface area contributed by atoms with Crippen molar-refractivity contribution in [2.24, 2.45) is 0 Å². The summed E-state index contributed by atoms with van der Waals surface area (Å²) in [5.41, 5.74) is 2.90. The van der Waals surface area contributed by atoms with Crippen molar-refractivity contribution in [2.75, 3.05) is 11.9 Å². The number of ether oxygens (including phenoxy) is 2. The van der Waals surface area contributed by atoms with E-state index in [9.17, 15) is 9.18 Å². The first-order valence-corrected chi connectivity index (χ1v) is 10.6. The standard InChI is InChI=1S/C26H24FN3O3/c1-2-32-24-10-12-25(13-11-24)33-18-20-4-3-5-21(14-20)26(31)29-23-15-28-30(17-23)16-19-6-8-22(27)9-7-19/h3-15,17H,2,16,18H2,1H3,(H,29,31). The van der Waals surface area contributed by atoms with Gasteiger partial charge in [0.15, 0.2) is 0 Å². The lowest BCUT2D eigenvalue weighted by atomic mass is 10.1. The summed E-state index contributed by atoms with van der Waals surface area (Å²) in [5, 5.41) is 7.11. The third kappa shape index (κ3) is 6.20. The molecule has 1 N–H and O–H groups in total. The molecular weight excluding hydrogens is 421 g/mol. The number of rotatable bonds is 9. The molecule has 33 heavy (non-hydrogen) atoms. The fourth-order valence-electron chi connectivity index (χ4n) is 3.26. The molecule has 0 radical (unpaired) electrons. The summed E-state index contributed by atoms with van der Waals surface area (Å²) < 4.78 is 26.0. The van der Waals surface area contributed by atoms with Crippen molar-refractivity contribution in [1.82, 2.24) is 9.78 Å². The van der Waals surface area contributed by atoms with E-state index in [1.54, 1.807) is 41.3 Å². The maximum atomic E-state index is 13.1. The Hall–Kier alpha value is -4.13. The normalized spacial score (nSPS) is 10.6. The lowest BCUT2D eigenvalue weighted by molar-refractivity contribution is 0.102. The topological polar surface area (TPSA) is 65.4 Å². The molecule has 1 heterocycles. The van der Waals surface area contributed by atoms with E-state index >= 15 is 0 Å². The summed E-state index contributed by atoms with van der Waals surface area (Å²) >= 11 is 0. The van der Waals surface area contributed by atoms with Gasteiger partial charge in [-0.05, 0) is 66.6 Å². The highest BCUT2D eigenvalue weighted by atomic mass is 19.1. The maximum Gasteiger partial charge on any atom is 0.255 e. The van der Waals surface area contributed by atoms with Crippen LogP contribution in [0.25, 0.3) is 0 Å². The summed E-state index contributed by atoms with van der Waals surface area (Å²) in [7, 11) is 0. The number of anilines is 1. The monoisotopic (exact) mass is 445 g/mol. The van der Waals surface area contributed by atoms with Crippen molar-refractivity contribution < 1.29 is 18.7 Å². The number of halogens is 1. The zero-order chi connectivity index (χ0) is 23.0. The van der Waals surface area contributed by atoms with Gasteiger partial charge in [-0.2, -0.15) is 5.10 Å². The molecule has 0 aliphatic rings. The van der Waals surface area contributed by atoms with Crippen LogP contribution in [0.3, 0.4) is 0 Å². The van der Waals surface area contributed by atoms with E-state index in [4.69, 9.17) is 9.47 Å². The molecule has 0 fully saturated rings.